The molecule has 0 aliphatic heterocycles. The van der Waals surface area contributed by atoms with Gasteiger partial charge in [-0.3, -0.25) is 0 Å². The molecule has 3 N–H and O–H groups in total. The molecule has 2 aliphatic carbocycles. The van der Waals surface area contributed by atoms with Crippen LogP contribution in [0.1, 0.15) is 45.4 Å². The third-order valence-corrected chi connectivity index (χ3v) is 4.56. The summed E-state index contributed by atoms with van der Waals surface area (Å²) < 4.78 is 5.84. The highest BCUT2D eigenvalue weighted by Crippen LogP contribution is 2.27. The first-order valence-corrected chi connectivity index (χ1v) is 7.83. The van der Waals surface area contributed by atoms with Gasteiger partial charge in [0.25, 0.3) is 0 Å². The molecule has 2 rings (SSSR count). The third-order valence-electron chi connectivity index (χ3n) is 4.56. The smallest absolute Gasteiger partial charge is 0.0897 e. The average Bonchev–Trinajstić information content (AvgIpc) is 2.35. The van der Waals surface area contributed by atoms with Crippen LogP contribution < -0.4 is 5.32 Å². The van der Waals surface area contributed by atoms with Gasteiger partial charge in [-0.05, 0) is 44.1 Å². The van der Waals surface area contributed by atoms with Crippen LogP contribution >= 0.6 is 0 Å². The Morgan fingerprint density at radius 2 is 2.00 bits per heavy atom. The van der Waals surface area contributed by atoms with Gasteiger partial charge in [0.2, 0.25) is 0 Å². The molecule has 0 radical (unpaired) electrons. The van der Waals surface area contributed by atoms with Gasteiger partial charge >= 0.3 is 0 Å². The Morgan fingerprint density at radius 3 is 2.68 bits per heavy atom. The molecule has 2 fully saturated rings. The number of ether oxygens (including phenoxy) is 1. The molecule has 0 saturated heterocycles. The minimum Gasteiger partial charge on any atom is -0.393 e. The Morgan fingerprint density at radius 1 is 1.26 bits per heavy atom. The number of rotatable bonds is 7. The second-order valence-corrected chi connectivity index (χ2v) is 6.44. The molecular weight excluding hydrogens is 242 g/mol. The van der Waals surface area contributed by atoms with Crippen LogP contribution in [0.3, 0.4) is 0 Å². The van der Waals surface area contributed by atoms with E-state index in [2.05, 4.69) is 12.2 Å². The van der Waals surface area contributed by atoms with Gasteiger partial charge in [-0.1, -0.05) is 19.8 Å². The highest BCUT2D eigenvalue weighted by atomic mass is 16.5. The number of hydrogen-bond donors (Lipinski definition) is 3. The van der Waals surface area contributed by atoms with E-state index >= 15 is 0 Å². The van der Waals surface area contributed by atoms with Crippen molar-refractivity contribution < 1.29 is 14.9 Å². The lowest BCUT2D eigenvalue weighted by atomic mass is 9.82. The highest BCUT2D eigenvalue weighted by Gasteiger charge is 2.26. The molecular formula is C15H29NO3. The van der Waals surface area contributed by atoms with Gasteiger partial charge in [0.05, 0.1) is 24.9 Å². The molecule has 0 spiro atoms. The van der Waals surface area contributed by atoms with Crippen LogP contribution in [-0.2, 0) is 4.74 Å². The summed E-state index contributed by atoms with van der Waals surface area (Å²) in [7, 11) is 0. The molecule has 0 aromatic carbocycles. The third kappa shape index (κ3) is 5.03. The van der Waals surface area contributed by atoms with Crippen molar-refractivity contribution in [2.45, 2.75) is 63.8 Å². The van der Waals surface area contributed by atoms with Crippen molar-refractivity contribution in [3.63, 3.8) is 0 Å². The van der Waals surface area contributed by atoms with E-state index in [1.165, 1.54) is 19.3 Å². The molecule has 4 heteroatoms. The van der Waals surface area contributed by atoms with E-state index in [1.807, 2.05) is 0 Å². The molecule has 0 amide bonds. The van der Waals surface area contributed by atoms with Crippen molar-refractivity contribution in [1.29, 1.82) is 0 Å². The van der Waals surface area contributed by atoms with Crippen molar-refractivity contribution in [2.75, 3.05) is 19.7 Å². The maximum atomic E-state index is 9.88. The summed E-state index contributed by atoms with van der Waals surface area (Å²) in [6, 6.07) is 0. The lowest BCUT2D eigenvalue weighted by molar-refractivity contribution is -0.0458. The van der Waals surface area contributed by atoms with E-state index in [1.54, 1.807) is 0 Å². The predicted molar refractivity (Wildman–Crippen MR) is 75.0 cm³/mol. The Bertz CT molecular complexity index is 256. The van der Waals surface area contributed by atoms with Crippen LogP contribution in [0.2, 0.25) is 0 Å². The molecule has 0 aromatic rings. The van der Waals surface area contributed by atoms with E-state index in [0.29, 0.717) is 31.1 Å². The van der Waals surface area contributed by atoms with E-state index < -0.39 is 6.10 Å². The van der Waals surface area contributed by atoms with E-state index in [4.69, 9.17) is 4.74 Å². The molecule has 112 valence electrons. The summed E-state index contributed by atoms with van der Waals surface area (Å²) in [6.45, 7) is 4.17. The number of nitrogens with one attached hydrogen (secondary N) is 1. The van der Waals surface area contributed by atoms with Crippen LogP contribution in [0.5, 0.6) is 0 Å². The monoisotopic (exact) mass is 271 g/mol. The topological polar surface area (TPSA) is 61.7 Å². The van der Waals surface area contributed by atoms with Crippen molar-refractivity contribution >= 4 is 0 Å². The zero-order chi connectivity index (χ0) is 13.7. The Hall–Kier alpha value is -0.160. The first kappa shape index (κ1) is 15.2. The molecule has 3 unspecified atom stereocenters. The first-order chi connectivity index (χ1) is 9.15. The minimum atomic E-state index is -0.417. The fourth-order valence-corrected chi connectivity index (χ4v) is 3.14. The summed E-state index contributed by atoms with van der Waals surface area (Å²) in [5.41, 5.74) is 0. The zero-order valence-electron chi connectivity index (χ0n) is 12.1. The van der Waals surface area contributed by atoms with Gasteiger partial charge in [0.1, 0.15) is 0 Å². The van der Waals surface area contributed by atoms with Gasteiger partial charge < -0.3 is 20.3 Å². The van der Waals surface area contributed by atoms with Crippen molar-refractivity contribution in [3.05, 3.63) is 0 Å². The molecule has 2 saturated carbocycles. The average molecular weight is 271 g/mol. The van der Waals surface area contributed by atoms with Gasteiger partial charge in [-0.2, -0.15) is 0 Å². The van der Waals surface area contributed by atoms with Crippen LogP contribution in [0.15, 0.2) is 0 Å². The van der Waals surface area contributed by atoms with Crippen LogP contribution in [0.4, 0.5) is 0 Å². The summed E-state index contributed by atoms with van der Waals surface area (Å²) in [5.74, 6) is 1.21. The molecule has 3 atom stereocenters. The second kappa shape index (κ2) is 7.58. The normalized spacial score (nSPS) is 36.8. The number of aliphatic hydroxyl groups is 2. The largest absolute Gasteiger partial charge is 0.393 e. The predicted octanol–water partition coefficient (Wildman–Crippen LogP) is 1.30. The van der Waals surface area contributed by atoms with Gasteiger partial charge in [0.15, 0.2) is 0 Å². The number of aliphatic hydroxyl groups excluding tert-OH is 2. The van der Waals surface area contributed by atoms with Crippen molar-refractivity contribution in [3.8, 4) is 0 Å². The van der Waals surface area contributed by atoms with Crippen LogP contribution in [0.25, 0.3) is 0 Å². The number of hydrogen-bond acceptors (Lipinski definition) is 4. The Balaban J connectivity index is 1.50. The van der Waals surface area contributed by atoms with Gasteiger partial charge in [0, 0.05) is 6.54 Å². The standard InChI is InChI=1S/C15H29NO3/c1-11-4-2-3-5-15(11)19-10-14(18)9-16-8-12-6-13(17)7-12/h11-18H,2-10H2,1H3. The summed E-state index contributed by atoms with van der Waals surface area (Å²) in [6.07, 6.45) is 6.60. The second-order valence-electron chi connectivity index (χ2n) is 6.44. The maximum Gasteiger partial charge on any atom is 0.0897 e. The Labute approximate surface area is 116 Å². The molecule has 0 aromatic heterocycles. The molecule has 2 aliphatic rings. The maximum absolute atomic E-state index is 9.88. The van der Waals surface area contributed by atoms with Gasteiger partial charge in [-0.15, -0.1) is 0 Å². The fraction of sp³-hybridized carbons (Fsp3) is 1.00. The molecule has 4 nitrogen and oxygen atoms in total. The highest BCUT2D eigenvalue weighted by molar-refractivity contribution is 4.80. The van der Waals surface area contributed by atoms with Gasteiger partial charge in [-0.25, -0.2) is 0 Å². The molecule has 0 heterocycles. The SMILES string of the molecule is CC1CCCCC1OCC(O)CNCC1CC(O)C1. The Kier molecular flexibility index (Phi) is 6.07. The minimum absolute atomic E-state index is 0.0900. The quantitative estimate of drug-likeness (QED) is 0.653. The lowest BCUT2D eigenvalue weighted by Crippen LogP contribution is -2.40. The first-order valence-electron chi connectivity index (χ1n) is 7.83. The summed E-state index contributed by atoms with van der Waals surface area (Å²) in [5, 5.41) is 22.3. The van der Waals surface area contributed by atoms with Crippen molar-refractivity contribution in [1.82, 2.24) is 5.32 Å². The lowest BCUT2D eigenvalue weighted by Gasteiger charge is -2.32. The van der Waals surface area contributed by atoms with Crippen molar-refractivity contribution in [2.24, 2.45) is 11.8 Å². The van der Waals surface area contributed by atoms with E-state index in [9.17, 15) is 10.2 Å². The van der Waals surface area contributed by atoms with Crippen LogP contribution in [-0.4, -0.2) is 48.2 Å². The summed E-state index contributed by atoms with van der Waals surface area (Å²) >= 11 is 0. The summed E-state index contributed by atoms with van der Waals surface area (Å²) in [4.78, 5) is 0. The van der Waals surface area contributed by atoms with E-state index in [0.717, 1.165) is 25.8 Å². The fourth-order valence-electron chi connectivity index (χ4n) is 3.14. The molecule has 19 heavy (non-hydrogen) atoms. The zero-order valence-corrected chi connectivity index (χ0v) is 12.1. The van der Waals surface area contributed by atoms with E-state index in [-0.39, 0.29) is 6.10 Å². The van der Waals surface area contributed by atoms with Crippen LogP contribution in [0, 0.1) is 11.8 Å². The molecule has 0 bridgehead atoms.